The van der Waals surface area contributed by atoms with Crippen molar-refractivity contribution in [2.75, 3.05) is 23.5 Å². The number of aryl methyl sites for hydroxylation is 1. The van der Waals surface area contributed by atoms with E-state index in [9.17, 15) is 18.3 Å². The van der Waals surface area contributed by atoms with Crippen LogP contribution >= 0.6 is 0 Å². The SMILES string of the molecule is Cc1cc(Nc2ncc(C(N)=O)c(N[C@H](CO)c3ccccc3)n2)ccc1S(C)(=O)=O. The van der Waals surface area contributed by atoms with E-state index in [4.69, 9.17) is 5.73 Å². The number of carbonyl (C=O) groups is 1. The Kier molecular flexibility index (Phi) is 6.52. The van der Waals surface area contributed by atoms with Gasteiger partial charge in [0.15, 0.2) is 9.84 Å². The second-order valence-corrected chi connectivity index (χ2v) is 8.97. The van der Waals surface area contributed by atoms with Crippen LogP contribution in [0.25, 0.3) is 0 Å². The number of benzene rings is 2. The summed E-state index contributed by atoms with van der Waals surface area (Å²) in [6, 6.07) is 13.5. The monoisotopic (exact) mass is 441 g/mol. The molecule has 2 aromatic carbocycles. The Hall–Kier alpha value is -3.50. The van der Waals surface area contributed by atoms with Crippen LogP contribution in [0, 0.1) is 6.92 Å². The zero-order valence-corrected chi connectivity index (χ0v) is 17.8. The molecule has 0 aliphatic carbocycles. The molecule has 3 aromatic rings. The highest BCUT2D eigenvalue weighted by molar-refractivity contribution is 7.90. The molecule has 3 rings (SSSR count). The Morgan fingerprint density at radius 1 is 1.19 bits per heavy atom. The standard InChI is InChI=1S/C21H23N5O4S/c1-13-10-15(8-9-18(13)31(2,29)30)24-21-23-11-16(19(22)28)20(26-21)25-17(12-27)14-6-4-3-5-7-14/h3-11,17,27H,12H2,1-2H3,(H2,22,28)(H2,23,24,25,26)/t17-/m1/s1. The van der Waals surface area contributed by atoms with Gasteiger partial charge in [-0.3, -0.25) is 4.79 Å². The Labute approximate surface area is 180 Å². The van der Waals surface area contributed by atoms with Crippen molar-refractivity contribution in [3.8, 4) is 0 Å². The number of amides is 1. The molecule has 0 aliphatic heterocycles. The van der Waals surface area contributed by atoms with E-state index in [1.807, 2.05) is 30.3 Å². The Morgan fingerprint density at radius 2 is 1.90 bits per heavy atom. The first-order valence-corrected chi connectivity index (χ1v) is 11.2. The highest BCUT2D eigenvalue weighted by Gasteiger charge is 2.18. The van der Waals surface area contributed by atoms with Crippen LogP contribution < -0.4 is 16.4 Å². The number of carbonyl (C=O) groups excluding carboxylic acids is 1. The second-order valence-electron chi connectivity index (χ2n) is 6.99. The van der Waals surface area contributed by atoms with Crippen LogP contribution in [0.1, 0.15) is 27.5 Å². The Morgan fingerprint density at radius 3 is 2.48 bits per heavy atom. The van der Waals surface area contributed by atoms with Gasteiger partial charge >= 0.3 is 0 Å². The van der Waals surface area contributed by atoms with Crippen molar-refractivity contribution in [2.45, 2.75) is 17.9 Å². The van der Waals surface area contributed by atoms with Crippen molar-refractivity contribution in [2.24, 2.45) is 5.73 Å². The van der Waals surface area contributed by atoms with E-state index in [1.165, 1.54) is 12.3 Å². The molecule has 9 nitrogen and oxygen atoms in total. The van der Waals surface area contributed by atoms with Gasteiger partial charge in [-0.2, -0.15) is 4.98 Å². The first kappa shape index (κ1) is 22.2. The zero-order chi connectivity index (χ0) is 22.6. The fraction of sp³-hybridized carbons (Fsp3) is 0.190. The molecule has 0 saturated carbocycles. The first-order chi connectivity index (χ1) is 14.7. The van der Waals surface area contributed by atoms with Crippen LogP contribution in [0.2, 0.25) is 0 Å². The molecule has 0 spiro atoms. The highest BCUT2D eigenvalue weighted by Crippen LogP contribution is 2.24. The average Bonchev–Trinajstić information content (AvgIpc) is 2.71. The van der Waals surface area contributed by atoms with Crippen LogP contribution in [-0.4, -0.2) is 42.3 Å². The lowest BCUT2D eigenvalue weighted by atomic mass is 10.1. The second kappa shape index (κ2) is 9.11. The fourth-order valence-electron chi connectivity index (χ4n) is 3.09. The van der Waals surface area contributed by atoms with Crippen molar-refractivity contribution in [1.29, 1.82) is 0 Å². The predicted molar refractivity (Wildman–Crippen MR) is 118 cm³/mol. The molecule has 31 heavy (non-hydrogen) atoms. The van der Waals surface area contributed by atoms with Gasteiger partial charge in [0.2, 0.25) is 5.95 Å². The largest absolute Gasteiger partial charge is 0.394 e. The minimum atomic E-state index is -3.33. The lowest BCUT2D eigenvalue weighted by molar-refractivity contribution is 0.1000. The van der Waals surface area contributed by atoms with Crippen molar-refractivity contribution < 1.29 is 18.3 Å². The summed E-state index contributed by atoms with van der Waals surface area (Å²) in [6.45, 7) is 1.46. The average molecular weight is 442 g/mol. The Balaban J connectivity index is 1.91. The van der Waals surface area contributed by atoms with Crippen molar-refractivity contribution in [3.63, 3.8) is 0 Å². The third-order valence-corrected chi connectivity index (χ3v) is 5.84. The number of aromatic nitrogens is 2. The lowest BCUT2D eigenvalue weighted by Gasteiger charge is -2.19. The molecule has 10 heteroatoms. The van der Waals surface area contributed by atoms with Gasteiger partial charge in [-0.05, 0) is 36.2 Å². The summed E-state index contributed by atoms with van der Waals surface area (Å²) < 4.78 is 23.6. The van der Waals surface area contributed by atoms with E-state index in [2.05, 4.69) is 20.6 Å². The summed E-state index contributed by atoms with van der Waals surface area (Å²) >= 11 is 0. The first-order valence-electron chi connectivity index (χ1n) is 9.36. The lowest BCUT2D eigenvalue weighted by Crippen LogP contribution is -2.21. The van der Waals surface area contributed by atoms with Crippen molar-refractivity contribution >= 4 is 33.2 Å². The topological polar surface area (TPSA) is 147 Å². The number of sulfone groups is 1. The van der Waals surface area contributed by atoms with E-state index in [0.29, 0.717) is 11.3 Å². The summed E-state index contributed by atoms with van der Waals surface area (Å²) in [5.74, 6) is -0.381. The number of aliphatic hydroxyl groups excluding tert-OH is 1. The van der Waals surface area contributed by atoms with Gasteiger partial charge in [-0.25, -0.2) is 13.4 Å². The third kappa shape index (κ3) is 5.36. The summed E-state index contributed by atoms with van der Waals surface area (Å²) in [7, 11) is -3.33. The molecule has 1 amide bonds. The van der Waals surface area contributed by atoms with Crippen LogP contribution in [-0.2, 0) is 9.84 Å². The van der Waals surface area contributed by atoms with Gasteiger partial charge in [0.05, 0.1) is 23.1 Å². The predicted octanol–water partition coefficient (Wildman–Crippen LogP) is 2.18. The number of primary amides is 1. The Bertz CT molecular complexity index is 1200. The molecule has 1 heterocycles. The number of hydrogen-bond acceptors (Lipinski definition) is 8. The normalized spacial score (nSPS) is 12.2. The number of nitrogens with two attached hydrogens (primary N) is 1. The summed E-state index contributed by atoms with van der Waals surface area (Å²) in [5.41, 5.74) is 7.48. The van der Waals surface area contributed by atoms with Gasteiger partial charge in [0.1, 0.15) is 5.82 Å². The number of aliphatic hydroxyl groups is 1. The molecule has 0 unspecified atom stereocenters. The summed E-state index contributed by atoms with van der Waals surface area (Å²) in [6.07, 6.45) is 2.44. The van der Waals surface area contributed by atoms with E-state index >= 15 is 0 Å². The molecule has 0 radical (unpaired) electrons. The van der Waals surface area contributed by atoms with Crippen LogP contribution in [0.4, 0.5) is 17.5 Å². The smallest absolute Gasteiger partial charge is 0.254 e. The number of hydrogen-bond donors (Lipinski definition) is 4. The quantitative estimate of drug-likeness (QED) is 0.416. The third-order valence-electron chi connectivity index (χ3n) is 4.58. The van der Waals surface area contributed by atoms with Crippen LogP contribution in [0.5, 0.6) is 0 Å². The molecule has 0 fully saturated rings. The minimum absolute atomic E-state index is 0.0727. The van der Waals surface area contributed by atoms with Gasteiger partial charge < -0.3 is 21.5 Å². The molecule has 1 atom stereocenters. The molecule has 0 saturated heterocycles. The van der Waals surface area contributed by atoms with E-state index in [-0.39, 0.29) is 28.8 Å². The maximum Gasteiger partial charge on any atom is 0.254 e. The number of nitrogens with one attached hydrogen (secondary N) is 2. The van der Waals surface area contributed by atoms with Gasteiger partial charge in [0, 0.05) is 18.1 Å². The van der Waals surface area contributed by atoms with Gasteiger partial charge in [-0.1, -0.05) is 30.3 Å². The maximum absolute atomic E-state index is 11.8. The molecule has 0 bridgehead atoms. The molecule has 0 aliphatic rings. The fourth-order valence-corrected chi connectivity index (χ4v) is 4.05. The minimum Gasteiger partial charge on any atom is -0.394 e. The zero-order valence-electron chi connectivity index (χ0n) is 17.0. The number of anilines is 3. The van der Waals surface area contributed by atoms with Gasteiger partial charge in [-0.15, -0.1) is 0 Å². The summed E-state index contributed by atoms with van der Waals surface area (Å²) in [5, 5.41) is 15.8. The highest BCUT2D eigenvalue weighted by atomic mass is 32.2. The van der Waals surface area contributed by atoms with E-state index in [1.54, 1.807) is 19.1 Å². The number of nitrogens with zero attached hydrogens (tertiary/aromatic N) is 2. The van der Waals surface area contributed by atoms with Crippen molar-refractivity contribution in [1.82, 2.24) is 9.97 Å². The van der Waals surface area contributed by atoms with E-state index in [0.717, 1.165) is 11.8 Å². The molecule has 1 aromatic heterocycles. The summed E-state index contributed by atoms with van der Waals surface area (Å²) in [4.78, 5) is 20.5. The molecule has 162 valence electrons. The van der Waals surface area contributed by atoms with E-state index < -0.39 is 21.8 Å². The van der Waals surface area contributed by atoms with Gasteiger partial charge in [0.25, 0.3) is 5.91 Å². The maximum atomic E-state index is 11.8. The molecular weight excluding hydrogens is 418 g/mol. The van der Waals surface area contributed by atoms with Crippen molar-refractivity contribution in [3.05, 3.63) is 71.4 Å². The molecular formula is C21H23N5O4S. The molecule has 5 N–H and O–H groups in total. The number of rotatable bonds is 8. The van der Waals surface area contributed by atoms with Crippen LogP contribution in [0.3, 0.4) is 0 Å². The van der Waals surface area contributed by atoms with Crippen LogP contribution in [0.15, 0.2) is 59.6 Å².